The lowest BCUT2D eigenvalue weighted by atomic mass is 10.3. The number of nitrogens with zero attached hydrogens (tertiary/aromatic N) is 3. The highest BCUT2D eigenvalue weighted by molar-refractivity contribution is 7.99. The molecule has 1 aliphatic rings. The zero-order valence-corrected chi connectivity index (χ0v) is 13.0. The van der Waals surface area contributed by atoms with E-state index < -0.39 is 0 Å². The molecule has 1 fully saturated rings. The molecule has 1 saturated carbocycles. The first-order valence-corrected chi connectivity index (χ1v) is 8.16. The second-order valence-electron chi connectivity index (χ2n) is 4.78. The molecule has 4 nitrogen and oxygen atoms in total. The van der Waals surface area contributed by atoms with Gasteiger partial charge in [-0.1, -0.05) is 28.4 Å². The summed E-state index contributed by atoms with van der Waals surface area (Å²) in [6.45, 7) is 0.767. The lowest BCUT2D eigenvalue weighted by molar-refractivity contribution is 0.603. The second-order valence-corrected chi connectivity index (χ2v) is 6.76. The number of aromatic nitrogens is 3. The highest BCUT2D eigenvalue weighted by Crippen LogP contribution is 2.42. The number of aryl methyl sites for hydroxylation is 1. The van der Waals surface area contributed by atoms with Gasteiger partial charge in [-0.15, -0.1) is 16.9 Å². The number of hydrogen-bond acceptors (Lipinski definition) is 4. The predicted octanol–water partition coefficient (Wildman–Crippen LogP) is 3.84. The van der Waals surface area contributed by atoms with Gasteiger partial charge < -0.3 is 5.73 Å². The Labute approximate surface area is 131 Å². The third-order valence-electron chi connectivity index (χ3n) is 3.22. The van der Waals surface area contributed by atoms with E-state index in [-0.39, 0.29) is 0 Å². The van der Waals surface area contributed by atoms with Crippen LogP contribution in [0.1, 0.15) is 24.5 Å². The Kier molecular flexibility index (Phi) is 4.10. The average Bonchev–Trinajstić information content (AvgIpc) is 3.18. The molecule has 0 aliphatic heterocycles. The van der Waals surface area contributed by atoms with Crippen LogP contribution in [0.2, 0.25) is 10.0 Å². The van der Waals surface area contributed by atoms with Crippen LogP contribution in [0.25, 0.3) is 0 Å². The van der Waals surface area contributed by atoms with Crippen LogP contribution in [-0.4, -0.2) is 20.7 Å². The van der Waals surface area contributed by atoms with E-state index in [2.05, 4.69) is 10.3 Å². The van der Waals surface area contributed by atoms with Crippen molar-refractivity contribution in [3.63, 3.8) is 0 Å². The van der Waals surface area contributed by atoms with Crippen molar-refractivity contribution in [1.82, 2.24) is 15.0 Å². The summed E-state index contributed by atoms with van der Waals surface area (Å²) in [5.41, 5.74) is 6.96. The molecule has 2 aromatic rings. The Morgan fingerprint density at radius 1 is 1.35 bits per heavy atom. The van der Waals surface area contributed by atoms with E-state index in [1.165, 1.54) is 12.8 Å². The lowest BCUT2D eigenvalue weighted by Crippen LogP contribution is -2.07. The molecule has 7 heteroatoms. The van der Waals surface area contributed by atoms with Gasteiger partial charge in [0.15, 0.2) is 5.82 Å². The van der Waals surface area contributed by atoms with Crippen LogP contribution in [0.4, 0.5) is 5.82 Å². The first-order chi connectivity index (χ1) is 9.65. The molecule has 1 heterocycles. The van der Waals surface area contributed by atoms with Crippen LogP contribution >= 0.6 is 35.0 Å². The molecule has 0 spiro atoms. The van der Waals surface area contributed by atoms with Gasteiger partial charge in [-0.25, -0.2) is 4.68 Å². The normalized spacial score (nSPS) is 14.7. The van der Waals surface area contributed by atoms with E-state index >= 15 is 0 Å². The van der Waals surface area contributed by atoms with Gasteiger partial charge in [0.2, 0.25) is 0 Å². The summed E-state index contributed by atoms with van der Waals surface area (Å²) < 4.78 is 1.92. The van der Waals surface area contributed by atoms with Gasteiger partial charge in [-0.2, -0.15) is 0 Å². The van der Waals surface area contributed by atoms with Crippen molar-refractivity contribution in [2.75, 3.05) is 11.5 Å². The molecular formula is C13H14Cl2N4S. The van der Waals surface area contributed by atoms with Crippen molar-refractivity contribution >= 4 is 40.8 Å². The Balaban J connectivity index is 1.64. The molecule has 0 atom stereocenters. The molecule has 0 amide bonds. The maximum absolute atomic E-state index is 6.14. The second kappa shape index (κ2) is 5.84. The van der Waals surface area contributed by atoms with Gasteiger partial charge in [-0.05, 0) is 31.0 Å². The third-order valence-corrected chi connectivity index (χ3v) is 4.93. The first kappa shape index (κ1) is 14.0. The van der Waals surface area contributed by atoms with Gasteiger partial charge >= 0.3 is 0 Å². The fourth-order valence-electron chi connectivity index (χ4n) is 2.11. The molecule has 0 saturated heterocycles. The summed E-state index contributed by atoms with van der Waals surface area (Å²) in [5.74, 6) is 1.96. The molecule has 106 valence electrons. The van der Waals surface area contributed by atoms with Crippen molar-refractivity contribution in [3.8, 4) is 0 Å². The van der Waals surface area contributed by atoms with Gasteiger partial charge in [0, 0.05) is 21.6 Å². The van der Waals surface area contributed by atoms with Crippen LogP contribution < -0.4 is 5.73 Å². The van der Waals surface area contributed by atoms with Crippen molar-refractivity contribution in [1.29, 1.82) is 0 Å². The Bertz CT molecular complexity index is 625. The van der Waals surface area contributed by atoms with Crippen molar-refractivity contribution < 1.29 is 0 Å². The van der Waals surface area contributed by atoms with E-state index in [0.29, 0.717) is 16.8 Å². The summed E-state index contributed by atoms with van der Waals surface area (Å²) in [4.78, 5) is 0.986. The number of thioether (sulfide) groups is 1. The van der Waals surface area contributed by atoms with E-state index in [1.807, 2.05) is 16.8 Å². The van der Waals surface area contributed by atoms with E-state index in [0.717, 1.165) is 27.9 Å². The largest absolute Gasteiger partial charge is 0.381 e. The smallest absolute Gasteiger partial charge is 0.169 e. The van der Waals surface area contributed by atoms with Crippen LogP contribution in [0.15, 0.2) is 23.1 Å². The number of nitrogen functional groups attached to an aromatic ring is 1. The summed E-state index contributed by atoms with van der Waals surface area (Å²) >= 11 is 13.8. The fraction of sp³-hybridized carbons (Fsp3) is 0.385. The SMILES string of the molecule is Nc1nnn(CCSc2cc(Cl)ccc2Cl)c1C1CC1. The molecule has 1 aromatic carbocycles. The van der Waals surface area contributed by atoms with Gasteiger partial charge in [0.25, 0.3) is 0 Å². The number of hydrogen-bond donors (Lipinski definition) is 1. The minimum atomic E-state index is 0.546. The Morgan fingerprint density at radius 2 is 2.15 bits per heavy atom. The topological polar surface area (TPSA) is 56.7 Å². The number of anilines is 1. The number of benzene rings is 1. The third kappa shape index (κ3) is 3.05. The average molecular weight is 329 g/mol. The van der Waals surface area contributed by atoms with Crippen molar-refractivity contribution in [2.45, 2.75) is 30.2 Å². The monoisotopic (exact) mass is 328 g/mol. The standard InChI is InChI=1S/C13H14Cl2N4S/c14-9-3-4-10(15)11(7-9)20-6-5-19-12(8-1-2-8)13(16)17-18-19/h3-4,7-8H,1-2,5-6,16H2. The minimum Gasteiger partial charge on any atom is -0.381 e. The number of nitrogens with two attached hydrogens (primary N) is 1. The van der Waals surface area contributed by atoms with E-state index in [9.17, 15) is 0 Å². The van der Waals surface area contributed by atoms with Crippen LogP contribution in [0.3, 0.4) is 0 Å². The maximum atomic E-state index is 6.14. The number of rotatable bonds is 5. The molecule has 3 rings (SSSR count). The molecule has 0 radical (unpaired) electrons. The zero-order chi connectivity index (χ0) is 14.1. The summed E-state index contributed by atoms with van der Waals surface area (Å²) in [7, 11) is 0. The van der Waals surface area contributed by atoms with Crippen LogP contribution in [0, 0.1) is 0 Å². The molecule has 1 aliphatic carbocycles. The highest BCUT2D eigenvalue weighted by Gasteiger charge is 2.30. The zero-order valence-electron chi connectivity index (χ0n) is 10.7. The molecule has 0 unspecified atom stereocenters. The van der Waals surface area contributed by atoms with Crippen LogP contribution in [-0.2, 0) is 6.54 Å². The quantitative estimate of drug-likeness (QED) is 0.847. The summed E-state index contributed by atoms with van der Waals surface area (Å²) in [5, 5.41) is 9.50. The molecule has 20 heavy (non-hydrogen) atoms. The minimum absolute atomic E-state index is 0.546. The highest BCUT2D eigenvalue weighted by atomic mass is 35.5. The molecule has 1 aromatic heterocycles. The van der Waals surface area contributed by atoms with Crippen molar-refractivity contribution in [2.24, 2.45) is 0 Å². The van der Waals surface area contributed by atoms with Gasteiger partial charge in [0.1, 0.15) is 0 Å². The maximum Gasteiger partial charge on any atom is 0.169 e. The lowest BCUT2D eigenvalue weighted by Gasteiger charge is -2.07. The van der Waals surface area contributed by atoms with Gasteiger partial charge in [-0.3, -0.25) is 0 Å². The number of halogens is 2. The first-order valence-electron chi connectivity index (χ1n) is 6.42. The molecule has 2 N–H and O–H groups in total. The molecular weight excluding hydrogens is 315 g/mol. The van der Waals surface area contributed by atoms with E-state index in [4.69, 9.17) is 28.9 Å². The Morgan fingerprint density at radius 3 is 2.90 bits per heavy atom. The molecule has 0 bridgehead atoms. The van der Waals surface area contributed by atoms with Gasteiger partial charge in [0.05, 0.1) is 17.3 Å². The summed E-state index contributed by atoms with van der Waals surface area (Å²) in [6.07, 6.45) is 2.37. The predicted molar refractivity (Wildman–Crippen MR) is 83.6 cm³/mol. The fourth-order valence-corrected chi connectivity index (χ4v) is 3.52. The van der Waals surface area contributed by atoms with Crippen LogP contribution in [0.5, 0.6) is 0 Å². The Hall–Kier alpha value is -0.910. The summed E-state index contributed by atoms with van der Waals surface area (Å²) in [6, 6.07) is 5.48. The van der Waals surface area contributed by atoms with Crippen molar-refractivity contribution in [3.05, 3.63) is 33.9 Å². The van der Waals surface area contributed by atoms with E-state index in [1.54, 1.807) is 17.8 Å².